The van der Waals surface area contributed by atoms with Crippen LogP contribution in [0, 0.1) is 5.92 Å². The Morgan fingerprint density at radius 3 is 2.89 bits per heavy atom. The summed E-state index contributed by atoms with van der Waals surface area (Å²) in [7, 11) is 1.74. The van der Waals surface area contributed by atoms with Gasteiger partial charge in [-0.25, -0.2) is 0 Å². The van der Waals surface area contributed by atoms with Crippen LogP contribution in [0.5, 0.6) is 0 Å². The summed E-state index contributed by atoms with van der Waals surface area (Å²) in [6.45, 7) is 6.33. The molecule has 0 aliphatic heterocycles. The van der Waals surface area contributed by atoms with Gasteiger partial charge in [0, 0.05) is 13.2 Å². The van der Waals surface area contributed by atoms with Crippen LogP contribution >= 0.6 is 0 Å². The second kappa shape index (κ2) is 5.26. The number of rotatable bonds is 4. The summed E-state index contributed by atoms with van der Waals surface area (Å²) >= 11 is 0. The van der Waals surface area contributed by atoms with Crippen molar-refractivity contribution in [3.8, 4) is 0 Å². The first kappa shape index (κ1) is 13.3. The van der Waals surface area contributed by atoms with Crippen LogP contribution in [0.3, 0.4) is 0 Å². The summed E-state index contributed by atoms with van der Waals surface area (Å²) in [5.41, 5.74) is -0.363. The summed E-state index contributed by atoms with van der Waals surface area (Å²) in [5, 5.41) is 7.22. The molecular weight excluding hydrogens is 230 g/mol. The van der Waals surface area contributed by atoms with Gasteiger partial charge in [-0.1, -0.05) is 18.5 Å². The van der Waals surface area contributed by atoms with Gasteiger partial charge in [-0.3, -0.25) is 0 Å². The number of nitrogens with zero attached hydrogens (tertiary/aromatic N) is 2. The number of hydrogen-bond acceptors (Lipinski definition) is 5. The van der Waals surface area contributed by atoms with E-state index in [0.29, 0.717) is 17.8 Å². The topological polar surface area (TPSA) is 60.2 Å². The lowest BCUT2D eigenvalue weighted by molar-refractivity contribution is -0.0658. The Bertz CT molecular complexity index is 391. The Labute approximate surface area is 108 Å². The number of methoxy groups -OCH3 is 1. The Morgan fingerprint density at radius 2 is 2.28 bits per heavy atom. The van der Waals surface area contributed by atoms with Gasteiger partial charge in [0.1, 0.15) is 5.60 Å². The first-order chi connectivity index (χ1) is 8.55. The van der Waals surface area contributed by atoms with Crippen LogP contribution in [0.15, 0.2) is 4.52 Å². The Kier molecular flexibility index (Phi) is 3.90. The maximum Gasteiger partial charge on any atom is 0.321 e. The molecule has 0 aromatic carbocycles. The van der Waals surface area contributed by atoms with E-state index >= 15 is 0 Å². The maximum absolute atomic E-state index is 5.74. The Morgan fingerprint density at radius 1 is 1.50 bits per heavy atom. The molecule has 5 heteroatoms. The molecule has 1 aromatic rings. The molecule has 0 bridgehead atoms. The van der Waals surface area contributed by atoms with E-state index in [1.807, 2.05) is 13.8 Å². The zero-order valence-corrected chi connectivity index (χ0v) is 11.7. The zero-order valence-electron chi connectivity index (χ0n) is 11.7. The number of ether oxygens (including phenoxy) is 1. The number of nitrogens with one attached hydrogen (secondary N) is 1. The molecule has 0 saturated heterocycles. The Hall–Kier alpha value is -1.10. The van der Waals surface area contributed by atoms with Crippen LogP contribution in [0.2, 0.25) is 0 Å². The molecule has 2 rings (SSSR count). The molecule has 0 spiro atoms. The van der Waals surface area contributed by atoms with Gasteiger partial charge < -0.3 is 14.6 Å². The third-order valence-electron chi connectivity index (χ3n) is 3.59. The molecule has 1 aromatic heterocycles. The van der Waals surface area contributed by atoms with Crippen molar-refractivity contribution in [1.29, 1.82) is 0 Å². The highest BCUT2D eigenvalue weighted by molar-refractivity contribution is 5.21. The first-order valence-corrected chi connectivity index (χ1v) is 6.71. The van der Waals surface area contributed by atoms with Gasteiger partial charge in [0.15, 0.2) is 0 Å². The van der Waals surface area contributed by atoms with Gasteiger partial charge in [-0.05, 0) is 39.0 Å². The van der Waals surface area contributed by atoms with E-state index in [1.165, 1.54) is 6.42 Å². The molecule has 18 heavy (non-hydrogen) atoms. The molecule has 1 fully saturated rings. The SMILES string of the molecule is COC1(c2noc(NC(C)C)n2)CCCC(C)C1. The third-order valence-corrected chi connectivity index (χ3v) is 3.59. The average Bonchev–Trinajstić information content (AvgIpc) is 2.77. The van der Waals surface area contributed by atoms with Crippen LogP contribution in [0.4, 0.5) is 6.01 Å². The molecule has 1 saturated carbocycles. The van der Waals surface area contributed by atoms with Crippen molar-refractivity contribution in [1.82, 2.24) is 10.1 Å². The van der Waals surface area contributed by atoms with Crippen molar-refractivity contribution in [3.05, 3.63) is 5.82 Å². The lowest BCUT2D eigenvalue weighted by Gasteiger charge is -2.36. The molecule has 0 radical (unpaired) electrons. The summed E-state index contributed by atoms with van der Waals surface area (Å²) in [5.74, 6) is 1.32. The number of anilines is 1. The van der Waals surface area contributed by atoms with E-state index in [4.69, 9.17) is 9.26 Å². The number of aromatic nitrogens is 2. The van der Waals surface area contributed by atoms with Gasteiger partial charge in [0.25, 0.3) is 0 Å². The van der Waals surface area contributed by atoms with Crippen molar-refractivity contribution in [2.75, 3.05) is 12.4 Å². The van der Waals surface area contributed by atoms with Crippen molar-refractivity contribution in [3.63, 3.8) is 0 Å². The number of hydrogen-bond donors (Lipinski definition) is 1. The van der Waals surface area contributed by atoms with Crippen LogP contribution < -0.4 is 5.32 Å². The van der Waals surface area contributed by atoms with E-state index in [0.717, 1.165) is 19.3 Å². The van der Waals surface area contributed by atoms with Crippen LogP contribution in [0.25, 0.3) is 0 Å². The second-order valence-electron chi connectivity index (χ2n) is 5.62. The molecule has 0 amide bonds. The van der Waals surface area contributed by atoms with Gasteiger partial charge in [-0.2, -0.15) is 4.98 Å². The summed E-state index contributed by atoms with van der Waals surface area (Å²) in [6.07, 6.45) is 4.33. The fraction of sp³-hybridized carbons (Fsp3) is 0.846. The molecule has 2 atom stereocenters. The smallest absolute Gasteiger partial charge is 0.321 e. The highest BCUT2D eigenvalue weighted by Gasteiger charge is 2.40. The van der Waals surface area contributed by atoms with Crippen LogP contribution in [-0.2, 0) is 10.3 Å². The second-order valence-corrected chi connectivity index (χ2v) is 5.62. The summed E-state index contributed by atoms with van der Waals surface area (Å²) in [6, 6.07) is 0.761. The van der Waals surface area contributed by atoms with Crippen molar-refractivity contribution < 1.29 is 9.26 Å². The highest BCUT2D eigenvalue weighted by Crippen LogP contribution is 2.41. The monoisotopic (exact) mass is 253 g/mol. The maximum atomic E-state index is 5.74. The van der Waals surface area contributed by atoms with E-state index in [1.54, 1.807) is 7.11 Å². The van der Waals surface area contributed by atoms with Crippen molar-refractivity contribution in [2.45, 2.75) is 58.1 Å². The minimum atomic E-state index is -0.363. The van der Waals surface area contributed by atoms with Gasteiger partial charge in [0.05, 0.1) is 0 Å². The molecule has 1 N–H and O–H groups in total. The van der Waals surface area contributed by atoms with Gasteiger partial charge in [-0.15, -0.1) is 0 Å². The largest absolute Gasteiger partial charge is 0.370 e. The minimum absolute atomic E-state index is 0.280. The highest BCUT2D eigenvalue weighted by atomic mass is 16.5. The quantitative estimate of drug-likeness (QED) is 0.894. The average molecular weight is 253 g/mol. The molecule has 5 nitrogen and oxygen atoms in total. The van der Waals surface area contributed by atoms with Crippen molar-refractivity contribution >= 4 is 6.01 Å². The summed E-state index contributed by atoms with van der Waals surface area (Å²) < 4.78 is 11.0. The van der Waals surface area contributed by atoms with Crippen LogP contribution in [-0.4, -0.2) is 23.3 Å². The lowest BCUT2D eigenvalue weighted by atomic mass is 9.78. The summed E-state index contributed by atoms with van der Waals surface area (Å²) in [4.78, 5) is 4.44. The van der Waals surface area contributed by atoms with E-state index in [9.17, 15) is 0 Å². The van der Waals surface area contributed by atoms with Crippen LogP contribution in [0.1, 0.15) is 52.3 Å². The normalized spacial score (nSPS) is 28.6. The molecule has 2 unspecified atom stereocenters. The standard InChI is InChI=1S/C13H23N3O2/c1-9(2)14-12-15-11(16-18-12)13(17-4)7-5-6-10(3)8-13/h9-10H,5-8H2,1-4H3,(H,14,15,16). The Balaban J connectivity index is 2.19. The predicted molar refractivity (Wildman–Crippen MR) is 69.4 cm³/mol. The molecule has 102 valence electrons. The van der Waals surface area contributed by atoms with E-state index in [-0.39, 0.29) is 11.6 Å². The first-order valence-electron chi connectivity index (χ1n) is 6.71. The minimum Gasteiger partial charge on any atom is -0.370 e. The third kappa shape index (κ3) is 2.66. The fourth-order valence-electron chi connectivity index (χ4n) is 2.70. The van der Waals surface area contributed by atoms with E-state index in [2.05, 4.69) is 22.4 Å². The molecule has 1 aliphatic rings. The molecule has 1 aliphatic carbocycles. The fourth-order valence-corrected chi connectivity index (χ4v) is 2.70. The van der Waals surface area contributed by atoms with Gasteiger partial charge in [0.2, 0.25) is 5.82 Å². The van der Waals surface area contributed by atoms with E-state index < -0.39 is 0 Å². The van der Waals surface area contributed by atoms with Gasteiger partial charge >= 0.3 is 6.01 Å². The van der Waals surface area contributed by atoms with Crippen molar-refractivity contribution in [2.24, 2.45) is 5.92 Å². The zero-order chi connectivity index (χ0) is 13.2. The predicted octanol–water partition coefficient (Wildman–Crippen LogP) is 2.94. The molecule has 1 heterocycles. The lowest BCUT2D eigenvalue weighted by Crippen LogP contribution is -2.35. The molecular formula is C13H23N3O2.